The van der Waals surface area contributed by atoms with Crippen molar-refractivity contribution in [3.63, 3.8) is 0 Å². The van der Waals surface area contributed by atoms with Crippen LogP contribution in [0.2, 0.25) is 0 Å². The summed E-state index contributed by atoms with van der Waals surface area (Å²) in [5, 5.41) is 1.88. The van der Waals surface area contributed by atoms with Gasteiger partial charge in [0.15, 0.2) is 0 Å². The number of carbonyl (C=O) groups is 2. The summed E-state index contributed by atoms with van der Waals surface area (Å²) in [6, 6.07) is 0.192. The summed E-state index contributed by atoms with van der Waals surface area (Å²) >= 11 is 7.60. The number of carbonyl (C=O) groups excluding carboxylic acids is 2. The Morgan fingerprint density at radius 1 is 0.737 bits per heavy atom. The van der Waals surface area contributed by atoms with Crippen molar-refractivity contribution in [3.05, 3.63) is 33.7 Å². The third kappa shape index (κ3) is 8.73. The van der Waals surface area contributed by atoms with Crippen LogP contribution in [-0.2, 0) is 14.3 Å². The van der Waals surface area contributed by atoms with Gasteiger partial charge in [-0.2, -0.15) is 0 Å². The van der Waals surface area contributed by atoms with Gasteiger partial charge in [0.25, 0.3) is 0 Å². The summed E-state index contributed by atoms with van der Waals surface area (Å²) in [7, 11) is 0. The van der Waals surface area contributed by atoms with Crippen molar-refractivity contribution in [1.29, 1.82) is 0 Å². The van der Waals surface area contributed by atoms with Gasteiger partial charge >= 0.3 is 0 Å². The number of rotatable bonds is 14. The minimum atomic E-state index is -0.583. The molecule has 6 heterocycles. The van der Waals surface area contributed by atoms with E-state index in [0.29, 0.717) is 25.9 Å². The lowest BCUT2D eigenvalue weighted by Crippen LogP contribution is -2.44. The summed E-state index contributed by atoms with van der Waals surface area (Å²) in [6.45, 7) is 12.7. The molecule has 4 aliphatic rings. The van der Waals surface area contributed by atoms with E-state index in [4.69, 9.17) is 26.2 Å². The van der Waals surface area contributed by atoms with Gasteiger partial charge in [-0.3, -0.25) is 9.59 Å². The Morgan fingerprint density at radius 3 is 1.51 bits per heavy atom. The summed E-state index contributed by atoms with van der Waals surface area (Å²) in [4.78, 5) is 52.9. The number of hydrogen-bond acceptors (Lipinski definition) is 9. The van der Waals surface area contributed by atoms with Crippen molar-refractivity contribution in [2.45, 2.75) is 115 Å². The zero-order chi connectivity index (χ0) is 40.2. The highest BCUT2D eigenvalue weighted by Crippen LogP contribution is 2.44. The molecule has 8 rings (SSSR count). The Labute approximate surface area is 352 Å². The molecule has 2 aliphatic carbocycles. The zero-order valence-electron chi connectivity index (χ0n) is 33.8. The summed E-state index contributed by atoms with van der Waals surface area (Å²) < 4.78 is 8.76. The molecule has 0 unspecified atom stereocenters. The van der Waals surface area contributed by atoms with Crippen molar-refractivity contribution in [2.75, 3.05) is 58.9 Å². The van der Waals surface area contributed by atoms with Crippen LogP contribution in [-0.4, -0.2) is 94.3 Å². The first-order valence-corrected chi connectivity index (χ1v) is 22.4. The topological polar surface area (TPSA) is 166 Å². The van der Waals surface area contributed by atoms with Gasteiger partial charge in [0.2, 0.25) is 11.8 Å². The molecule has 2 saturated heterocycles. The largest absolute Gasteiger partial charge is 0.370 e. The molecule has 2 atom stereocenters. The van der Waals surface area contributed by atoms with E-state index >= 15 is 0 Å². The Balaban J connectivity index is 1.01. The maximum atomic E-state index is 14.1. The normalized spacial score (nSPS) is 20.8. The van der Waals surface area contributed by atoms with E-state index < -0.39 is 11.2 Å². The molecule has 2 amide bonds. The van der Waals surface area contributed by atoms with Crippen LogP contribution in [0, 0.1) is 11.8 Å². The molecule has 0 spiro atoms. The second-order valence-electron chi connectivity index (χ2n) is 18.1. The Kier molecular flexibility index (Phi) is 11.4. The number of nitrogens with two attached hydrogens (primary N) is 2. The molecule has 308 valence electrons. The minimum Gasteiger partial charge on any atom is -0.370 e. The minimum absolute atomic E-state index is 0.0323. The van der Waals surface area contributed by atoms with E-state index in [1.807, 2.05) is 34.6 Å². The molecular weight excluding hydrogens is 852 g/mol. The standard InChI is InChI=1S/C42H58Br2N10O3/c1-41(2,13-17-53(39(55)25-9-10-25)31-21-49-37-33(31)35(29(43)19-47-37)51-15-5-7-27(45)23-51)57-42(3,4)14-18-54(40(56)26-11-12-26)32-22-50-38-34(32)36(30(44)20-48-38)52-16-6-8-28(46)24-52/h19-22,25-28H,5-18,23-24,45-46H2,1-4H3,(H,47,49)(H,48,50)/t27-,28-/m1/s1. The Hall–Kier alpha value is -3.24. The van der Waals surface area contributed by atoms with Gasteiger partial charge in [0, 0.05) is 88.0 Å². The first-order valence-electron chi connectivity index (χ1n) is 20.8. The highest BCUT2D eigenvalue weighted by atomic mass is 79.9. The van der Waals surface area contributed by atoms with E-state index in [-0.39, 0.29) is 35.7 Å². The second-order valence-corrected chi connectivity index (χ2v) is 19.8. The van der Waals surface area contributed by atoms with Crippen LogP contribution in [0.5, 0.6) is 0 Å². The van der Waals surface area contributed by atoms with Gasteiger partial charge in [0.05, 0.1) is 53.7 Å². The molecular formula is C42H58Br2N10O3. The number of halogens is 2. The lowest BCUT2D eigenvalue weighted by atomic mass is 9.98. The number of hydrogen-bond donors (Lipinski definition) is 4. The first-order chi connectivity index (χ1) is 27.2. The number of amides is 2. The average molecular weight is 911 g/mol. The number of piperidine rings is 2. The van der Waals surface area contributed by atoms with E-state index in [1.165, 1.54) is 0 Å². The van der Waals surface area contributed by atoms with Crippen LogP contribution in [0.4, 0.5) is 22.7 Å². The molecule has 0 radical (unpaired) electrons. The van der Waals surface area contributed by atoms with Gasteiger partial charge < -0.3 is 45.8 Å². The quantitative estimate of drug-likeness (QED) is 0.101. The lowest BCUT2D eigenvalue weighted by molar-refractivity contribution is -0.129. The SMILES string of the molecule is CC(C)(CCN(C(=O)C1CC1)c1c[nH]c2ncc(Br)c(N3CCC[C@@H](N)C3)c12)OC(C)(C)CCN(C(=O)C1CC1)c1c[nH]c2ncc(Br)c(N3CCC[C@@H](N)C3)c12. The maximum Gasteiger partial charge on any atom is 0.230 e. The summed E-state index contributed by atoms with van der Waals surface area (Å²) in [6.07, 6.45) is 16.4. The van der Waals surface area contributed by atoms with Gasteiger partial charge in [-0.05, 0) is 124 Å². The van der Waals surface area contributed by atoms with Gasteiger partial charge in [-0.25, -0.2) is 9.97 Å². The van der Waals surface area contributed by atoms with Crippen molar-refractivity contribution >= 4 is 88.5 Å². The van der Waals surface area contributed by atoms with Crippen LogP contribution in [0.15, 0.2) is 33.7 Å². The number of aromatic amines is 2. The first kappa shape index (κ1) is 40.5. The Morgan fingerprint density at radius 2 is 1.14 bits per heavy atom. The van der Waals surface area contributed by atoms with Crippen LogP contribution < -0.4 is 31.1 Å². The molecule has 15 heteroatoms. The van der Waals surface area contributed by atoms with Gasteiger partial charge in [-0.15, -0.1) is 0 Å². The van der Waals surface area contributed by atoms with Crippen LogP contribution in [0.1, 0.15) is 91.9 Å². The fourth-order valence-corrected chi connectivity index (χ4v) is 10.1. The Bertz CT molecular complexity index is 1980. The van der Waals surface area contributed by atoms with E-state index in [1.54, 1.807) is 0 Å². The number of fused-ring (bicyclic) bond motifs is 2. The predicted octanol–water partition coefficient (Wildman–Crippen LogP) is 7.36. The second kappa shape index (κ2) is 16.1. The number of aromatic nitrogens is 4. The highest BCUT2D eigenvalue weighted by molar-refractivity contribution is 9.11. The van der Waals surface area contributed by atoms with Gasteiger partial charge in [0.1, 0.15) is 11.3 Å². The molecule has 0 aromatic carbocycles. The number of anilines is 4. The molecule has 2 aliphatic heterocycles. The van der Waals surface area contributed by atoms with Crippen molar-refractivity contribution in [3.8, 4) is 0 Å². The molecule has 2 saturated carbocycles. The van der Waals surface area contributed by atoms with E-state index in [9.17, 15) is 9.59 Å². The third-order valence-electron chi connectivity index (χ3n) is 12.2. The zero-order valence-corrected chi connectivity index (χ0v) is 36.9. The van der Waals surface area contributed by atoms with Gasteiger partial charge in [-0.1, -0.05) is 0 Å². The molecule has 57 heavy (non-hydrogen) atoms. The molecule has 6 N–H and O–H groups in total. The van der Waals surface area contributed by atoms with Crippen LogP contribution in [0.3, 0.4) is 0 Å². The summed E-state index contributed by atoms with van der Waals surface area (Å²) in [5.74, 6) is 0.356. The molecule has 4 aromatic heterocycles. The van der Waals surface area contributed by atoms with Crippen molar-refractivity contribution < 1.29 is 14.3 Å². The van der Waals surface area contributed by atoms with E-state index in [2.05, 4.69) is 79.3 Å². The van der Waals surface area contributed by atoms with Crippen LogP contribution in [0.25, 0.3) is 22.1 Å². The fourth-order valence-electron chi connectivity index (χ4n) is 8.96. The van der Waals surface area contributed by atoms with E-state index in [0.717, 1.165) is 131 Å². The molecule has 0 bridgehead atoms. The fraction of sp³-hybridized carbons (Fsp3) is 0.619. The summed E-state index contributed by atoms with van der Waals surface area (Å²) in [5.41, 5.74) is 17.0. The molecule has 4 aromatic rings. The lowest BCUT2D eigenvalue weighted by Gasteiger charge is -2.39. The molecule has 4 fully saturated rings. The number of nitrogens with one attached hydrogen (secondary N) is 2. The molecule has 13 nitrogen and oxygen atoms in total. The smallest absolute Gasteiger partial charge is 0.230 e. The number of pyridine rings is 2. The number of ether oxygens (including phenoxy) is 1. The van der Waals surface area contributed by atoms with Crippen LogP contribution >= 0.6 is 31.9 Å². The van der Waals surface area contributed by atoms with Crippen molar-refractivity contribution in [2.24, 2.45) is 23.3 Å². The third-order valence-corrected chi connectivity index (χ3v) is 13.3. The predicted molar refractivity (Wildman–Crippen MR) is 235 cm³/mol. The average Bonchev–Trinajstić information content (AvgIpc) is 4.10. The van der Waals surface area contributed by atoms with Crippen molar-refractivity contribution in [1.82, 2.24) is 19.9 Å². The highest BCUT2D eigenvalue weighted by Gasteiger charge is 2.40. The number of nitrogens with zero attached hydrogens (tertiary/aromatic N) is 6. The monoisotopic (exact) mass is 908 g/mol. The maximum absolute atomic E-state index is 14.1. The number of H-pyrrole nitrogens is 2.